The zero-order valence-corrected chi connectivity index (χ0v) is 10.7. The molecule has 0 aliphatic rings. The number of rotatable bonds is 4. The van der Waals surface area contributed by atoms with Gasteiger partial charge in [-0.1, -0.05) is 18.2 Å². The molecule has 1 N–H and O–H groups in total. The van der Waals surface area contributed by atoms with Crippen molar-refractivity contribution in [2.75, 3.05) is 7.11 Å². The maximum atomic E-state index is 5.82. The van der Waals surface area contributed by atoms with E-state index in [2.05, 4.69) is 4.98 Å². The Hall–Kier alpha value is -2.42. The topological polar surface area (TPSA) is 34.2 Å². The molecule has 0 saturated heterocycles. The molecule has 0 amide bonds. The molecule has 0 aliphatic carbocycles. The van der Waals surface area contributed by atoms with Crippen LogP contribution < -0.4 is 9.47 Å². The van der Waals surface area contributed by atoms with E-state index in [1.807, 2.05) is 54.7 Å². The first kappa shape index (κ1) is 11.7. The van der Waals surface area contributed by atoms with E-state index in [1.165, 1.54) is 0 Å². The van der Waals surface area contributed by atoms with Gasteiger partial charge in [0.2, 0.25) is 0 Å². The number of nitrogens with one attached hydrogen (secondary N) is 1. The summed E-state index contributed by atoms with van der Waals surface area (Å²) in [5.41, 5.74) is 2.16. The SMILES string of the molecule is COc1ccccc1COc1ccc2[nH]ccc2c1. The lowest BCUT2D eigenvalue weighted by Gasteiger charge is -2.10. The zero-order valence-electron chi connectivity index (χ0n) is 10.7. The van der Waals surface area contributed by atoms with Gasteiger partial charge in [0.1, 0.15) is 18.1 Å². The van der Waals surface area contributed by atoms with Crippen molar-refractivity contribution in [3.63, 3.8) is 0 Å². The average Bonchev–Trinajstić information content (AvgIpc) is 2.93. The minimum atomic E-state index is 0.500. The summed E-state index contributed by atoms with van der Waals surface area (Å²) in [6, 6.07) is 15.9. The van der Waals surface area contributed by atoms with Crippen molar-refractivity contribution in [2.45, 2.75) is 6.61 Å². The standard InChI is InChI=1S/C16H15NO2/c1-18-16-5-3-2-4-13(16)11-19-14-6-7-15-12(10-14)8-9-17-15/h2-10,17H,11H2,1H3. The number of methoxy groups -OCH3 is 1. The molecular formula is C16H15NO2. The Morgan fingerprint density at radius 1 is 1.05 bits per heavy atom. The summed E-state index contributed by atoms with van der Waals surface area (Å²) in [7, 11) is 1.67. The largest absolute Gasteiger partial charge is 0.496 e. The molecule has 0 atom stereocenters. The first-order chi connectivity index (χ1) is 9.36. The molecule has 0 unspecified atom stereocenters. The van der Waals surface area contributed by atoms with Crippen LogP contribution in [0.2, 0.25) is 0 Å². The van der Waals surface area contributed by atoms with Gasteiger partial charge in [0.05, 0.1) is 7.11 Å². The molecule has 96 valence electrons. The molecule has 0 saturated carbocycles. The van der Waals surface area contributed by atoms with Crippen LogP contribution in [0.15, 0.2) is 54.7 Å². The molecule has 3 heteroatoms. The van der Waals surface area contributed by atoms with E-state index in [9.17, 15) is 0 Å². The minimum absolute atomic E-state index is 0.500. The molecule has 0 bridgehead atoms. The number of hydrogen-bond acceptors (Lipinski definition) is 2. The van der Waals surface area contributed by atoms with Gasteiger partial charge in [-0.15, -0.1) is 0 Å². The molecule has 3 nitrogen and oxygen atoms in total. The lowest BCUT2D eigenvalue weighted by molar-refractivity contribution is 0.297. The number of aromatic nitrogens is 1. The van der Waals surface area contributed by atoms with Crippen molar-refractivity contribution in [3.8, 4) is 11.5 Å². The van der Waals surface area contributed by atoms with Gasteiger partial charge in [0, 0.05) is 22.7 Å². The fraction of sp³-hybridized carbons (Fsp3) is 0.125. The number of ether oxygens (including phenoxy) is 2. The lowest BCUT2D eigenvalue weighted by Crippen LogP contribution is -1.98. The quantitative estimate of drug-likeness (QED) is 0.768. The van der Waals surface area contributed by atoms with E-state index >= 15 is 0 Å². The van der Waals surface area contributed by atoms with Gasteiger partial charge in [0.25, 0.3) is 0 Å². The normalized spacial score (nSPS) is 10.6. The molecule has 19 heavy (non-hydrogen) atoms. The third-order valence-electron chi connectivity index (χ3n) is 3.11. The Morgan fingerprint density at radius 3 is 2.84 bits per heavy atom. The first-order valence-electron chi connectivity index (χ1n) is 6.18. The Kier molecular flexibility index (Phi) is 3.11. The van der Waals surface area contributed by atoms with Gasteiger partial charge >= 0.3 is 0 Å². The van der Waals surface area contributed by atoms with Crippen LogP contribution >= 0.6 is 0 Å². The summed E-state index contributed by atoms with van der Waals surface area (Å²) >= 11 is 0. The van der Waals surface area contributed by atoms with Crippen molar-refractivity contribution in [1.29, 1.82) is 0 Å². The summed E-state index contributed by atoms with van der Waals surface area (Å²) in [6.45, 7) is 0.500. The van der Waals surface area contributed by atoms with Crippen molar-refractivity contribution in [2.24, 2.45) is 0 Å². The van der Waals surface area contributed by atoms with Gasteiger partial charge in [0.15, 0.2) is 0 Å². The highest BCUT2D eigenvalue weighted by Gasteiger charge is 2.03. The predicted octanol–water partition coefficient (Wildman–Crippen LogP) is 3.76. The van der Waals surface area contributed by atoms with Gasteiger partial charge < -0.3 is 14.5 Å². The number of para-hydroxylation sites is 1. The van der Waals surface area contributed by atoms with Gasteiger partial charge in [-0.3, -0.25) is 0 Å². The van der Waals surface area contributed by atoms with Gasteiger partial charge in [-0.05, 0) is 30.3 Å². The van der Waals surface area contributed by atoms with Gasteiger partial charge in [-0.2, -0.15) is 0 Å². The minimum Gasteiger partial charge on any atom is -0.496 e. The van der Waals surface area contributed by atoms with Crippen molar-refractivity contribution < 1.29 is 9.47 Å². The highest BCUT2D eigenvalue weighted by atomic mass is 16.5. The van der Waals surface area contributed by atoms with Crippen LogP contribution in [0.3, 0.4) is 0 Å². The number of aromatic amines is 1. The molecular weight excluding hydrogens is 238 g/mol. The molecule has 0 aliphatic heterocycles. The average molecular weight is 253 g/mol. The molecule has 2 aromatic carbocycles. The summed E-state index contributed by atoms with van der Waals surface area (Å²) in [5, 5.41) is 1.15. The summed E-state index contributed by atoms with van der Waals surface area (Å²) < 4.78 is 11.1. The molecule has 0 spiro atoms. The van der Waals surface area contributed by atoms with Crippen LogP contribution in [-0.4, -0.2) is 12.1 Å². The summed E-state index contributed by atoms with van der Waals surface area (Å²) in [4.78, 5) is 3.16. The Balaban J connectivity index is 1.78. The predicted molar refractivity (Wildman–Crippen MR) is 75.6 cm³/mol. The Labute approximate surface area is 111 Å². The fourth-order valence-electron chi connectivity index (χ4n) is 2.10. The van der Waals surface area contributed by atoms with E-state index in [0.717, 1.165) is 28.0 Å². The molecule has 0 fully saturated rings. The van der Waals surface area contributed by atoms with Crippen LogP contribution in [0, 0.1) is 0 Å². The van der Waals surface area contributed by atoms with Crippen molar-refractivity contribution >= 4 is 10.9 Å². The zero-order chi connectivity index (χ0) is 13.1. The number of hydrogen-bond donors (Lipinski definition) is 1. The van der Waals surface area contributed by atoms with Crippen molar-refractivity contribution in [1.82, 2.24) is 4.98 Å². The van der Waals surface area contributed by atoms with Gasteiger partial charge in [-0.25, -0.2) is 0 Å². The van der Waals surface area contributed by atoms with E-state index in [-0.39, 0.29) is 0 Å². The van der Waals surface area contributed by atoms with E-state index in [1.54, 1.807) is 7.11 Å². The third-order valence-corrected chi connectivity index (χ3v) is 3.11. The lowest BCUT2D eigenvalue weighted by atomic mass is 10.2. The van der Waals surface area contributed by atoms with E-state index in [0.29, 0.717) is 6.61 Å². The first-order valence-corrected chi connectivity index (χ1v) is 6.18. The summed E-state index contributed by atoms with van der Waals surface area (Å²) in [5.74, 6) is 1.71. The molecule has 3 aromatic rings. The molecule has 1 aromatic heterocycles. The second kappa shape index (κ2) is 5.06. The monoisotopic (exact) mass is 253 g/mol. The maximum absolute atomic E-state index is 5.82. The van der Waals surface area contributed by atoms with Crippen LogP contribution in [0.4, 0.5) is 0 Å². The highest BCUT2D eigenvalue weighted by molar-refractivity contribution is 5.80. The summed E-state index contributed by atoms with van der Waals surface area (Å²) in [6.07, 6.45) is 1.93. The van der Waals surface area contributed by atoms with E-state index < -0.39 is 0 Å². The second-order valence-corrected chi connectivity index (χ2v) is 4.33. The van der Waals surface area contributed by atoms with Crippen LogP contribution in [0.5, 0.6) is 11.5 Å². The third kappa shape index (κ3) is 2.40. The molecule has 3 rings (SSSR count). The number of fused-ring (bicyclic) bond motifs is 1. The fourth-order valence-corrected chi connectivity index (χ4v) is 2.10. The molecule has 1 heterocycles. The van der Waals surface area contributed by atoms with Crippen molar-refractivity contribution in [3.05, 3.63) is 60.3 Å². The second-order valence-electron chi connectivity index (χ2n) is 4.33. The smallest absolute Gasteiger partial charge is 0.125 e. The number of H-pyrrole nitrogens is 1. The van der Waals surface area contributed by atoms with Crippen LogP contribution in [0.25, 0.3) is 10.9 Å². The van der Waals surface area contributed by atoms with E-state index in [4.69, 9.17) is 9.47 Å². The Bertz CT molecular complexity index is 688. The van der Waals surface area contributed by atoms with Crippen LogP contribution in [-0.2, 0) is 6.61 Å². The van der Waals surface area contributed by atoms with Crippen LogP contribution in [0.1, 0.15) is 5.56 Å². The highest BCUT2D eigenvalue weighted by Crippen LogP contribution is 2.23. The Morgan fingerprint density at radius 2 is 1.95 bits per heavy atom. The molecule has 0 radical (unpaired) electrons. The maximum Gasteiger partial charge on any atom is 0.125 e. The number of benzene rings is 2.